The number of rotatable bonds is 1. The Balaban J connectivity index is 0. The van der Waals surface area contributed by atoms with Gasteiger partial charge in [-0.3, -0.25) is 11.2 Å². The first kappa shape index (κ1) is 18.8. The van der Waals surface area contributed by atoms with Crippen molar-refractivity contribution >= 4 is 19.6 Å². The van der Waals surface area contributed by atoms with Crippen LogP contribution < -0.4 is 0 Å². The van der Waals surface area contributed by atoms with Gasteiger partial charge in [0.1, 0.15) is 5.60 Å². The number of halogens is 1. The first-order chi connectivity index (χ1) is 7.45. The molecule has 0 amide bonds. The van der Waals surface area contributed by atoms with Crippen molar-refractivity contribution in [3.8, 4) is 0 Å². The number of carbonyl (C=O) groups excluding carboxylic acids is 1. The van der Waals surface area contributed by atoms with Crippen LogP contribution >= 0.6 is 13.6 Å². The maximum atomic E-state index is 10.5. The van der Waals surface area contributed by atoms with Gasteiger partial charge < -0.3 is 9.47 Å². The number of ether oxygens (including phenoxy) is 2. The third-order valence-electron chi connectivity index (χ3n) is 1.47. The molecule has 0 unspecified atom stereocenters. The summed E-state index contributed by atoms with van der Waals surface area (Å²) in [7, 11) is 0. The topological polar surface area (TPSA) is 35.5 Å². The summed E-state index contributed by atoms with van der Waals surface area (Å²) in [6.07, 6.45) is 3.96. The minimum atomic E-state index is -0.358. The molecule has 0 aromatic rings. The van der Waals surface area contributed by atoms with Crippen molar-refractivity contribution in [3.05, 3.63) is 6.42 Å². The molecule has 0 aromatic heterocycles. The molecule has 0 spiro atoms. The van der Waals surface area contributed by atoms with Crippen molar-refractivity contribution in [2.75, 3.05) is 13.2 Å². The SMILES string of the molecule is C1CCOC1.C[CH-]C(=O)OC(C)(C)C.[Zn+][Br]. The van der Waals surface area contributed by atoms with E-state index in [-0.39, 0.29) is 11.6 Å². The van der Waals surface area contributed by atoms with Crippen LogP contribution in [0.5, 0.6) is 0 Å². The zero-order valence-corrected chi connectivity index (χ0v) is 15.3. The molecule has 16 heavy (non-hydrogen) atoms. The number of carbonyl (C=O) groups is 1. The molecule has 1 fully saturated rings. The second kappa shape index (κ2) is 11.9. The van der Waals surface area contributed by atoms with Crippen LogP contribution in [0.4, 0.5) is 0 Å². The molecule has 0 aliphatic carbocycles. The molecule has 0 radical (unpaired) electrons. The molecule has 1 aliphatic heterocycles. The van der Waals surface area contributed by atoms with Crippen molar-refractivity contribution in [3.63, 3.8) is 0 Å². The zero-order valence-electron chi connectivity index (χ0n) is 10.7. The first-order valence-corrected chi connectivity index (χ1v) is 12.3. The van der Waals surface area contributed by atoms with Crippen molar-refractivity contribution in [2.24, 2.45) is 0 Å². The molecule has 3 nitrogen and oxygen atoms in total. The van der Waals surface area contributed by atoms with E-state index in [1.807, 2.05) is 20.8 Å². The number of hydrogen-bond acceptors (Lipinski definition) is 3. The van der Waals surface area contributed by atoms with Gasteiger partial charge in [-0.05, 0) is 33.6 Å². The molecule has 5 heteroatoms. The average Bonchev–Trinajstić information content (AvgIpc) is 2.76. The molecular formula is C11H21BrO3Zn. The van der Waals surface area contributed by atoms with E-state index in [0.717, 1.165) is 13.2 Å². The van der Waals surface area contributed by atoms with E-state index < -0.39 is 0 Å². The second-order valence-electron chi connectivity index (χ2n) is 4.14. The number of hydrogen-bond donors (Lipinski definition) is 0. The fourth-order valence-electron chi connectivity index (χ4n) is 0.871. The van der Waals surface area contributed by atoms with E-state index >= 15 is 0 Å². The van der Waals surface area contributed by atoms with E-state index in [2.05, 4.69) is 13.6 Å². The first-order valence-electron chi connectivity index (χ1n) is 5.32. The van der Waals surface area contributed by atoms with Crippen LogP contribution in [0.15, 0.2) is 0 Å². The molecule has 0 saturated carbocycles. The molecule has 1 heterocycles. The van der Waals surface area contributed by atoms with Crippen molar-refractivity contribution in [2.45, 2.75) is 46.1 Å². The number of esters is 1. The van der Waals surface area contributed by atoms with Crippen LogP contribution in [0, 0.1) is 6.42 Å². The Labute approximate surface area is 116 Å². The Bertz CT molecular complexity index is 157. The van der Waals surface area contributed by atoms with Crippen LogP contribution in [-0.4, -0.2) is 24.8 Å². The summed E-state index contributed by atoms with van der Waals surface area (Å²) in [5.74, 6) is -0.262. The zero-order chi connectivity index (χ0) is 13.0. The molecule has 0 bridgehead atoms. The van der Waals surface area contributed by atoms with Crippen LogP contribution in [0.1, 0.15) is 40.5 Å². The van der Waals surface area contributed by atoms with Gasteiger partial charge in [-0.25, -0.2) is 0 Å². The Kier molecular flexibility index (Phi) is 13.9. The molecular weight excluding hydrogens is 325 g/mol. The van der Waals surface area contributed by atoms with E-state index in [0.29, 0.717) is 0 Å². The van der Waals surface area contributed by atoms with Crippen molar-refractivity contribution < 1.29 is 30.6 Å². The molecule has 0 aromatic carbocycles. The van der Waals surface area contributed by atoms with Gasteiger partial charge in [0.15, 0.2) is 5.97 Å². The van der Waals surface area contributed by atoms with E-state index in [9.17, 15) is 4.79 Å². The van der Waals surface area contributed by atoms with Crippen LogP contribution in [0.3, 0.4) is 0 Å². The van der Waals surface area contributed by atoms with E-state index in [1.165, 1.54) is 35.6 Å². The molecule has 1 saturated heterocycles. The van der Waals surface area contributed by atoms with Crippen LogP contribution in [-0.2, 0) is 30.6 Å². The van der Waals surface area contributed by atoms with Gasteiger partial charge in [-0.2, -0.15) is 6.92 Å². The molecule has 0 N–H and O–H groups in total. The van der Waals surface area contributed by atoms with Gasteiger partial charge in [-0.15, -0.1) is 0 Å². The molecule has 1 rings (SSSR count). The summed E-state index contributed by atoms with van der Waals surface area (Å²) in [5.41, 5.74) is -0.358. The van der Waals surface area contributed by atoms with Gasteiger partial charge in [0.05, 0.1) is 0 Å². The summed E-state index contributed by atoms with van der Waals surface area (Å²) in [5, 5.41) is 0. The summed E-state index contributed by atoms with van der Waals surface area (Å²) < 4.78 is 9.84. The fourth-order valence-corrected chi connectivity index (χ4v) is 0.871. The third kappa shape index (κ3) is 16.8. The van der Waals surface area contributed by atoms with Crippen LogP contribution in [0.25, 0.3) is 0 Å². The Morgan fingerprint density at radius 3 is 1.88 bits per heavy atom. The third-order valence-corrected chi connectivity index (χ3v) is 1.47. The van der Waals surface area contributed by atoms with Gasteiger partial charge in [-0.1, -0.05) is 0 Å². The summed E-state index contributed by atoms with van der Waals surface area (Å²) >= 11 is 4.25. The Morgan fingerprint density at radius 2 is 1.75 bits per heavy atom. The fraction of sp³-hybridized carbons (Fsp3) is 0.818. The van der Waals surface area contributed by atoms with Gasteiger partial charge in [0.25, 0.3) is 0 Å². The standard InChI is InChI=1S/C7H13O2.C4H8O.BrH.Zn/c1-5-6(8)9-7(2,3)4;1-2-4-5-3-1;;/h5H,1-4H3;1-4H2;1H;/q-1;;;+2/p-1. The van der Waals surface area contributed by atoms with Crippen molar-refractivity contribution in [1.29, 1.82) is 0 Å². The Hall–Kier alpha value is 0.403. The quantitative estimate of drug-likeness (QED) is 0.415. The predicted molar refractivity (Wildman–Crippen MR) is 64.8 cm³/mol. The molecule has 92 valence electrons. The normalized spacial score (nSPS) is 13.9. The van der Waals surface area contributed by atoms with Gasteiger partial charge in [0.2, 0.25) is 0 Å². The van der Waals surface area contributed by atoms with Gasteiger partial charge in [0, 0.05) is 13.2 Å². The Morgan fingerprint density at radius 1 is 1.31 bits per heavy atom. The molecule has 0 atom stereocenters. The maximum absolute atomic E-state index is 10.5. The molecule has 1 aliphatic rings. The minimum absolute atomic E-state index is 0.262. The predicted octanol–water partition coefficient (Wildman–Crippen LogP) is 3.19. The van der Waals surface area contributed by atoms with E-state index in [4.69, 9.17) is 9.47 Å². The van der Waals surface area contributed by atoms with Gasteiger partial charge >= 0.3 is 30.0 Å². The van der Waals surface area contributed by atoms with Crippen LogP contribution in [0.2, 0.25) is 0 Å². The van der Waals surface area contributed by atoms with E-state index in [1.54, 1.807) is 6.92 Å². The summed E-state index contributed by atoms with van der Waals surface area (Å²) in [4.78, 5) is 10.5. The van der Waals surface area contributed by atoms with Crippen molar-refractivity contribution in [1.82, 2.24) is 0 Å². The second-order valence-corrected chi connectivity index (χ2v) is 4.14. The average molecular weight is 347 g/mol. The summed E-state index contributed by atoms with van der Waals surface area (Å²) in [6, 6.07) is 0. The monoisotopic (exact) mass is 344 g/mol. The summed E-state index contributed by atoms with van der Waals surface area (Å²) in [6.45, 7) is 9.19.